The number of halogens is 1. The molecule has 61 valence electrons. The standard InChI is InChI=1S/C9H3ClN3/c10-8-2-9-7(1-6(8)3-11)4-12-5-13-9/h1-2,4H. The molecule has 1 aromatic heterocycles. The number of nitrogens with zero attached hydrogens (tertiary/aromatic N) is 3. The number of aromatic nitrogens is 2. The predicted octanol–water partition coefficient (Wildman–Crippen LogP) is 1.96. The maximum atomic E-state index is 8.69. The monoisotopic (exact) mass is 188 g/mol. The molecule has 4 heteroatoms. The van der Waals surface area contributed by atoms with E-state index < -0.39 is 0 Å². The van der Waals surface area contributed by atoms with E-state index in [9.17, 15) is 0 Å². The maximum absolute atomic E-state index is 8.69. The lowest BCUT2D eigenvalue weighted by molar-refractivity contribution is 1.20. The highest BCUT2D eigenvalue weighted by Crippen LogP contribution is 2.20. The summed E-state index contributed by atoms with van der Waals surface area (Å²) in [5.74, 6) is 0. The molecule has 1 aromatic carbocycles. The quantitative estimate of drug-likeness (QED) is 0.635. The summed E-state index contributed by atoms with van der Waals surface area (Å²) in [5, 5.41) is 9.89. The Balaban J connectivity index is 2.83. The second-order valence-electron chi connectivity index (χ2n) is 2.47. The van der Waals surface area contributed by atoms with E-state index in [0.717, 1.165) is 5.39 Å². The lowest BCUT2D eigenvalue weighted by Gasteiger charge is -1.97. The molecule has 0 N–H and O–H groups in total. The van der Waals surface area contributed by atoms with Crippen molar-refractivity contribution in [3.05, 3.63) is 35.2 Å². The summed E-state index contributed by atoms with van der Waals surface area (Å²) in [4.78, 5) is 7.62. The van der Waals surface area contributed by atoms with Crippen LogP contribution in [-0.4, -0.2) is 9.97 Å². The normalized spacial score (nSPS) is 9.85. The number of fused-ring (bicyclic) bond motifs is 1. The molecule has 0 aliphatic heterocycles. The van der Waals surface area contributed by atoms with Gasteiger partial charge in [-0.3, -0.25) is 0 Å². The van der Waals surface area contributed by atoms with Gasteiger partial charge in [0.25, 0.3) is 0 Å². The van der Waals surface area contributed by atoms with E-state index in [0.29, 0.717) is 16.1 Å². The topological polar surface area (TPSA) is 49.6 Å². The lowest BCUT2D eigenvalue weighted by atomic mass is 10.2. The molecule has 0 saturated heterocycles. The number of hydrogen-bond donors (Lipinski definition) is 0. The van der Waals surface area contributed by atoms with Gasteiger partial charge in [-0.2, -0.15) is 5.26 Å². The summed E-state index contributed by atoms with van der Waals surface area (Å²) in [6.07, 6.45) is 4.06. The molecule has 2 aromatic rings. The Morgan fingerprint density at radius 2 is 2.31 bits per heavy atom. The first-order valence-corrected chi connectivity index (χ1v) is 3.91. The maximum Gasteiger partial charge on any atom is 0.198 e. The summed E-state index contributed by atoms with van der Waals surface area (Å²) in [5.41, 5.74) is 1.13. The highest BCUT2D eigenvalue weighted by atomic mass is 35.5. The van der Waals surface area contributed by atoms with Crippen LogP contribution >= 0.6 is 11.6 Å². The largest absolute Gasteiger partial charge is 0.233 e. The third kappa shape index (κ3) is 1.32. The van der Waals surface area contributed by atoms with Crippen molar-refractivity contribution in [2.45, 2.75) is 0 Å². The van der Waals surface area contributed by atoms with Crippen molar-refractivity contribution in [3.8, 4) is 6.07 Å². The fraction of sp³-hybridized carbons (Fsp3) is 0. The van der Waals surface area contributed by atoms with E-state index >= 15 is 0 Å². The molecule has 0 fully saturated rings. The van der Waals surface area contributed by atoms with Crippen LogP contribution in [-0.2, 0) is 0 Å². The smallest absolute Gasteiger partial charge is 0.198 e. The minimum atomic E-state index is 0.405. The summed E-state index contributed by atoms with van der Waals surface area (Å²) in [7, 11) is 0. The minimum Gasteiger partial charge on any atom is -0.233 e. The molecule has 13 heavy (non-hydrogen) atoms. The van der Waals surface area contributed by atoms with Gasteiger partial charge in [0.05, 0.1) is 16.1 Å². The van der Waals surface area contributed by atoms with Gasteiger partial charge in [-0.1, -0.05) is 11.6 Å². The van der Waals surface area contributed by atoms with E-state index in [1.807, 2.05) is 6.07 Å². The molecule has 1 heterocycles. The first kappa shape index (κ1) is 7.96. The molecule has 0 amide bonds. The predicted molar refractivity (Wildman–Crippen MR) is 48.1 cm³/mol. The SMILES string of the molecule is N#Cc1cc2cn[c]nc2cc1Cl. The number of nitriles is 1. The second kappa shape index (κ2) is 3.00. The van der Waals surface area contributed by atoms with Crippen LogP contribution in [0.2, 0.25) is 5.02 Å². The van der Waals surface area contributed by atoms with Crippen LogP contribution in [0.5, 0.6) is 0 Å². The van der Waals surface area contributed by atoms with Crippen LogP contribution < -0.4 is 0 Å². The molecule has 1 radical (unpaired) electrons. The van der Waals surface area contributed by atoms with Gasteiger partial charge in [0, 0.05) is 11.6 Å². The molecule has 0 atom stereocenters. The first-order chi connectivity index (χ1) is 6.31. The summed E-state index contributed by atoms with van der Waals surface area (Å²) < 4.78 is 0. The Morgan fingerprint density at radius 3 is 3.08 bits per heavy atom. The average Bonchev–Trinajstić information content (AvgIpc) is 2.17. The Labute approximate surface area is 79.6 Å². The van der Waals surface area contributed by atoms with Gasteiger partial charge >= 0.3 is 0 Å². The molecule has 0 bridgehead atoms. The van der Waals surface area contributed by atoms with Crippen molar-refractivity contribution in [1.29, 1.82) is 5.26 Å². The molecule has 0 aliphatic rings. The summed E-state index contributed by atoms with van der Waals surface area (Å²) in [6, 6.07) is 5.28. The summed E-state index contributed by atoms with van der Waals surface area (Å²) >= 11 is 5.81. The zero-order valence-corrected chi connectivity index (χ0v) is 7.21. The fourth-order valence-corrected chi connectivity index (χ4v) is 1.25. The van der Waals surface area contributed by atoms with Crippen molar-refractivity contribution in [2.75, 3.05) is 0 Å². The van der Waals surface area contributed by atoms with E-state index in [4.69, 9.17) is 16.9 Å². The Hall–Kier alpha value is -1.66. The van der Waals surface area contributed by atoms with Crippen LogP contribution in [0.3, 0.4) is 0 Å². The van der Waals surface area contributed by atoms with Gasteiger partial charge in [-0.05, 0) is 12.1 Å². The van der Waals surface area contributed by atoms with Crippen LogP contribution in [0.4, 0.5) is 0 Å². The van der Waals surface area contributed by atoms with Crippen molar-refractivity contribution < 1.29 is 0 Å². The molecule has 0 aliphatic carbocycles. The Bertz CT molecular complexity index is 502. The molecule has 2 rings (SSSR count). The van der Waals surface area contributed by atoms with E-state index in [-0.39, 0.29) is 0 Å². The highest BCUT2D eigenvalue weighted by Gasteiger charge is 2.02. The number of rotatable bonds is 0. The lowest BCUT2D eigenvalue weighted by Crippen LogP contribution is -1.84. The van der Waals surface area contributed by atoms with Crippen LogP contribution in [0, 0.1) is 17.7 Å². The zero-order valence-electron chi connectivity index (χ0n) is 6.45. The Morgan fingerprint density at radius 1 is 1.46 bits per heavy atom. The van der Waals surface area contributed by atoms with Gasteiger partial charge in [0.2, 0.25) is 0 Å². The highest BCUT2D eigenvalue weighted by molar-refractivity contribution is 6.32. The van der Waals surface area contributed by atoms with E-state index in [2.05, 4.69) is 16.3 Å². The molecule has 3 nitrogen and oxygen atoms in total. The Kier molecular flexibility index (Phi) is 1.84. The van der Waals surface area contributed by atoms with Crippen LogP contribution in [0.25, 0.3) is 10.9 Å². The number of benzene rings is 1. The van der Waals surface area contributed by atoms with Crippen molar-refractivity contribution in [1.82, 2.24) is 9.97 Å². The molecular weight excluding hydrogens is 186 g/mol. The molecule has 0 spiro atoms. The summed E-state index contributed by atoms with van der Waals surface area (Å²) in [6.45, 7) is 0. The third-order valence-corrected chi connectivity index (χ3v) is 1.98. The van der Waals surface area contributed by atoms with Gasteiger partial charge in [0.1, 0.15) is 6.07 Å². The van der Waals surface area contributed by atoms with Gasteiger partial charge in [-0.15, -0.1) is 0 Å². The van der Waals surface area contributed by atoms with Gasteiger partial charge < -0.3 is 0 Å². The third-order valence-electron chi connectivity index (χ3n) is 1.67. The minimum absolute atomic E-state index is 0.405. The van der Waals surface area contributed by atoms with E-state index in [1.165, 1.54) is 0 Å². The molecule has 0 unspecified atom stereocenters. The van der Waals surface area contributed by atoms with Crippen LogP contribution in [0.15, 0.2) is 18.3 Å². The van der Waals surface area contributed by atoms with Crippen molar-refractivity contribution in [2.24, 2.45) is 0 Å². The number of hydrogen-bond acceptors (Lipinski definition) is 3. The molecular formula is C9H3ClN3. The van der Waals surface area contributed by atoms with Crippen LogP contribution in [0.1, 0.15) is 5.56 Å². The first-order valence-electron chi connectivity index (χ1n) is 3.53. The van der Waals surface area contributed by atoms with Gasteiger partial charge in [-0.25, -0.2) is 9.97 Å². The van der Waals surface area contributed by atoms with Crippen molar-refractivity contribution >= 4 is 22.5 Å². The van der Waals surface area contributed by atoms with E-state index in [1.54, 1.807) is 18.3 Å². The average molecular weight is 189 g/mol. The van der Waals surface area contributed by atoms with Crippen molar-refractivity contribution in [3.63, 3.8) is 0 Å². The van der Waals surface area contributed by atoms with Gasteiger partial charge in [0.15, 0.2) is 6.33 Å². The fourth-order valence-electron chi connectivity index (χ4n) is 1.05. The molecule has 0 saturated carbocycles. The zero-order chi connectivity index (χ0) is 9.26. The second-order valence-corrected chi connectivity index (χ2v) is 2.88.